The molecule has 8 heteroatoms. The lowest BCUT2D eigenvalue weighted by Gasteiger charge is -2.31. The average molecular weight is 577 g/mol. The Morgan fingerprint density at radius 3 is 2.10 bits per heavy atom. The van der Waals surface area contributed by atoms with E-state index in [0.717, 1.165) is 23.2 Å². The Morgan fingerprint density at radius 1 is 0.905 bits per heavy atom. The van der Waals surface area contributed by atoms with Gasteiger partial charge in [0.25, 0.3) is 0 Å². The molecule has 0 aliphatic heterocycles. The topological polar surface area (TPSA) is 105 Å². The van der Waals surface area contributed by atoms with Gasteiger partial charge in [-0.15, -0.1) is 0 Å². The van der Waals surface area contributed by atoms with Crippen molar-refractivity contribution in [3.05, 3.63) is 102 Å². The summed E-state index contributed by atoms with van der Waals surface area (Å²) in [7, 11) is 0. The van der Waals surface area contributed by atoms with Gasteiger partial charge >= 0.3 is 0 Å². The molecule has 4 N–H and O–H groups in total. The van der Waals surface area contributed by atoms with E-state index >= 15 is 0 Å². The highest BCUT2D eigenvalue weighted by molar-refractivity contribution is 5.82. The van der Waals surface area contributed by atoms with Crippen molar-refractivity contribution < 1.29 is 19.5 Å². The van der Waals surface area contributed by atoms with E-state index in [1.54, 1.807) is 6.20 Å². The Hall–Kier alpha value is -3.14. The average Bonchev–Trinajstić information content (AvgIpc) is 2.95. The van der Waals surface area contributed by atoms with Crippen LogP contribution in [0.4, 0.5) is 0 Å². The number of aliphatic hydroxyl groups is 1. The first-order valence-corrected chi connectivity index (χ1v) is 14.8. The highest BCUT2D eigenvalue weighted by atomic mass is 16.6. The van der Waals surface area contributed by atoms with Crippen LogP contribution in [0.15, 0.2) is 85.1 Å². The third-order valence-corrected chi connectivity index (χ3v) is 6.92. The quantitative estimate of drug-likeness (QED) is 0.138. The highest BCUT2D eigenvalue weighted by Gasteiger charge is 2.30. The first-order valence-electron chi connectivity index (χ1n) is 14.8. The molecule has 0 aliphatic rings. The molecule has 0 fully saturated rings. The molecule has 1 aromatic heterocycles. The predicted molar refractivity (Wildman–Crippen MR) is 166 cm³/mol. The lowest BCUT2D eigenvalue weighted by Crippen LogP contribution is -2.54. The maximum absolute atomic E-state index is 13.6. The molecule has 0 radical (unpaired) electrons. The number of carbonyl (C=O) groups excluding carboxylic acids is 1. The molecule has 3 aromatic rings. The van der Waals surface area contributed by atoms with Crippen LogP contribution in [-0.4, -0.2) is 52.6 Å². The summed E-state index contributed by atoms with van der Waals surface area (Å²) in [5.41, 5.74) is 5.60. The minimum atomic E-state index is -0.813. The monoisotopic (exact) mass is 576 g/mol. The van der Waals surface area contributed by atoms with Crippen LogP contribution in [0, 0.1) is 5.92 Å². The van der Waals surface area contributed by atoms with Crippen molar-refractivity contribution in [2.24, 2.45) is 5.92 Å². The number of pyridine rings is 1. The summed E-state index contributed by atoms with van der Waals surface area (Å²) in [4.78, 5) is 23.5. The fourth-order valence-electron chi connectivity index (χ4n) is 4.57. The number of amides is 1. The van der Waals surface area contributed by atoms with E-state index in [-0.39, 0.29) is 30.1 Å². The molecule has 228 valence electrons. The number of carbonyl (C=O) groups is 1. The number of benzene rings is 2. The van der Waals surface area contributed by atoms with Gasteiger partial charge in [0.2, 0.25) is 5.91 Å². The Labute approximate surface area is 251 Å². The van der Waals surface area contributed by atoms with Gasteiger partial charge in [0.1, 0.15) is 12.6 Å². The highest BCUT2D eigenvalue weighted by Crippen LogP contribution is 2.16. The smallest absolute Gasteiger partial charge is 0.240 e. The maximum atomic E-state index is 13.6. The van der Waals surface area contributed by atoms with Crippen LogP contribution in [0.1, 0.15) is 57.9 Å². The molecule has 2 aromatic carbocycles. The Balaban J connectivity index is 1.72. The molecule has 1 heterocycles. The summed E-state index contributed by atoms with van der Waals surface area (Å²) >= 11 is 0. The summed E-state index contributed by atoms with van der Waals surface area (Å²) in [5.74, 6) is -0.278. The summed E-state index contributed by atoms with van der Waals surface area (Å²) in [5, 5.41) is 18.2. The van der Waals surface area contributed by atoms with Gasteiger partial charge < -0.3 is 15.2 Å². The molecule has 3 rings (SSSR count). The molecule has 0 spiro atoms. The van der Waals surface area contributed by atoms with E-state index in [1.807, 2.05) is 101 Å². The second-order valence-corrected chi connectivity index (χ2v) is 12.0. The minimum absolute atomic E-state index is 0.0507. The zero-order chi connectivity index (χ0) is 30.4. The van der Waals surface area contributed by atoms with Crippen LogP contribution >= 0.6 is 0 Å². The van der Waals surface area contributed by atoms with Crippen LogP contribution in [0.3, 0.4) is 0 Å². The molecule has 0 saturated heterocycles. The van der Waals surface area contributed by atoms with E-state index in [0.29, 0.717) is 19.6 Å². The standard InChI is InChI=1S/C34H48N4O4/c1-25(2)32(38-42-23-28-18-12-13-19-35-28)33(40)37-30(21-27-16-10-7-11-17-27)31(39)22-29(36-24-41-34(3,4)5)20-26-14-8-6-9-15-26/h6-19,25,29-32,36,38-39H,20-24H2,1-5H3,(H,37,40)/t29-,30-,31-,32-/m0/s1. The van der Waals surface area contributed by atoms with E-state index in [2.05, 4.69) is 33.2 Å². The SMILES string of the molecule is CC(C)[C@H](NOCc1ccccn1)C(=O)N[C@@H](Cc1ccccc1)[C@@H](O)C[C@H](Cc1ccccc1)NCOC(C)(C)C. The number of hydroxylamine groups is 1. The van der Waals surface area contributed by atoms with Gasteiger partial charge in [-0.25, -0.2) is 0 Å². The van der Waals surface area contributed by atoms with Crippen molar-refractivity contribution in [1.82, 2.24) is 21.1 Å². The van der Waals surface area contributed by atoms with Gasteiger partial charge in [-0.05, 0) is 69.2 Å². The normalized spacial score (nSPS) is 14.7. The van der Waals surface area contributed by atoms with Crippen LogP contribution in [-0.2, 0) is 33.8 Å². The lowest BCUT2D eigenvalue weighted by molar-refractivity contribution is -0.131. The van der Waals surface area contributed by atoms with Crippen molar-refractivity contribution in [2.45, 2.75) is 90.3 Å². The third kappa shape index (κ3) is 12.4. The number of aromatic nitrogens is 1. The van der Waals surface area contributed by atoms with E-state index < -0.39 is 18.2 Å². The molecule has 42 heavy (non-hydrogen) atoms. The van der Waals surface area contributed by atoms with E-state index in [4.69, 9.17) is 9.57 Å². The number of rotatable bonds is 17. The number of hydrogen-bond acceptors (Lipinski definition) is 7. The molecule has 0 bridgehead atoms. The van der Waals surface area contributed by atoms with Gasteiger partial charge in [-0.1, -0.05) is 80.6 Å². The van der Waals surface area contributed by atoms with Crippen molar-refractivity contribution >= 4 is 5.91 Å². The lowest BCUT2D eigenvalue weighted by atomic mass is 9.93. The number of nitrogens with zero attached hydrogens (tertiary/aromatic N) is 1. The molecule has 1 amide bonds. The zero-order valence-electron chi connectivity index (χ0n) is 25.6. The van der Waals surface area contributed by atoms with Crippen LogP contribution < -0.4 is 16.1 Å². The van der Waals surface area contributed by atoms with Gasteiger partial charge in [0.15, 0.2) is 0 Å². The molecular formula is C34H48N4O4. The van der Waals surface area contributed by atoms with Crippen molar-refractivity contribution in [2.75, 3.05) is 6.73 Å². The van der Waals surface area contributed by atoms with Gasteiger partial charge in [-0.3, -0.25) is 19.9 Å². The van der Waals surface area contributed by atoms with Gasteiger partial charge in [0.05, 0.1) is 30.2 Å². The summed E-state index contributed by atoms with van der Waals surface area (Å²) in [6.07, 6.45) is 2.53. The van der Waals surface area contributed by atoms with Gasteiger partial charge in [-0.2, -0.15) is 5.48 Å². The summed E-state index contributed by atoms with van der Waals surface area (Å²) < 4.78 is 5.94. The maximum Gasteiger partial charge on any atom is 0.240 e. The van der Waals surface area contributed by atoms with Crippen LogP contribution in [0.25, 0.3) is 0 Å². The summed E-state index contributed by atoms with van der Waals surface area (Å²) in [6, 6.07) is 24.5. The second kappa shape index (κ2) is 17.1. The molecule has 4 atom stereocenters. The minimum Gasteiger partial charge on any atom is -0.391 e. The largest absolute Gasteiger partial charge is 0.391 e. The second-order valence-electron chi connectivity index (χ2n) is 12.0. The Bertz CT molecular complexity index is 1160. The Kier molecular flexibility index (Phi) is 13.6. The molecule has 8 nitrogen and oxygen atoms in total. The van der Waals surface area contributed by atoms with E-state index in [9.17, 15) is 9.90 Å². The Morgan fingerprint density at radius 2 is 1.52 bits per heavy atom. The molecule has 0 aliphatic carbocycles. The first kappa shape index (κ1) is 33.4. The number of hydrogen-bond donors (Lipinski definition) is 4. The van der Waals surface area contributed by atoms with Crippen LogP contribution in [0.2, 0.25) is 0 Å². The first-order chi connectivity index (χ1) is 20.1. The number of ether oxygens (including phenoxy) is 1. The fourth-order valence-corrected chi connectivity index (χ4v) is 4.57. The number of nitrogens with one attached hydrogen (secondary N) is 3. The van der Waals surface area contributed by atoms with E-state index in [1.165, 1.54) is 0 Å². The molecular weight excluding hydrogens is 528 g/mol. The van der Waals surface area contributed by atoms with Crippen molar-refractivity contribution in [3.63, 3.8) is 0 Å². The fraction of sp³-hybridized carbons (Fsp3) is 0.471. The predicted octanol–water partition coefficient (Wildman–Crippen LogP) is 4.58. The molecule has 0 unspecified atom stereocenters. The van der Waals surface area contributed by atoms with Gasteiger partial charge in [0, 0.05) is 12.2 Å². The third-order valence-electron chi connectivity index (χ3n) is 6.92. The van der Waals surface area contributed by atoms with Crippen molar-refractivity contribution in [1.29, 1.82) is 0 Å². The number of aliphatic hydroxyl groups excluding tert-OH is 1. The molecule has 0 saturated carbocycles. The van der Waals surface area contributed by atoms with Crippen molar-refractivity contribution in [3.8, 4) is 0 Å². The summed E-state index contributed by atoms with van der Waals surface area (Å²) in [6.45, 7) is 10.5. The van der Waals surface area contributed by atoms with Crippen LogP contribution in [0.5, 0.6) is 0 Å². The zero-order valence-corrected chi connectivity index (χ0v) is 25.6.